The van der Waals surface area contributed by atoms with Gasteiger partial charge < -0.3 is 20.1 Å². The molecule has 0 saturated carbocycles. The summed E-state index contributed by atoms with van der Waals surface area (Å²) in [6.45, 7) is 3.83. The molecule has 6 nitrogen and oxygen atoms in total. The second kappa shape index (κ2) is 4.52. The highest BCUT2D eigenvalue weighted by atomic mass is 16.5. The van der Waals surface area contributed by atoms with Gasteiger partial charge in [0.05, 0.1) is 18.1 Å². The van der Waals surface area contributed by atoms with Crippen molar-refractivity contribution in [1.82, 2.24) is 10.2 Å². The van der Waals surface area contributed by atoms with Crippen molar-refractivity contribution < 1.29 is 19.4 Å². The van der Waals surface area contributed by atoms with Gasteiger partial charge in [-0.15, -0.1) is 0 Å². The molecular weight excluding hydrogens is 224 g/mol. The Kier molecular flexibility index (Phi) is 3.24. The van der Waals surface area contributed by atoms with Gasteiger partial charge >= 0.3 is 12.0 Å². The third-order valence-corrected chi connectivity index (χ3v) is 3.36. The normalized spacial score (nSPS) is 29.6. The lowest BCUT2D eigenvalue weighted by Gasteiger charge is -2.41. The number of ether oxygens (including phenoxy) is 1. The number of rotatable bonds is 2. The summed E-state index contributed by atoms with van der Waals surface area (Å²) in [5.41, 5.74) is -0.316. The molecule has 0 aromatic carbocycles. The van der Waals surface area contributed by atoms with Crippen molar-refractivity contribution in [1.29, 1.82) is 0 Å². The Hall–Kier alpha value is -1.30. The topological polar surface area (TPSA) is 78.9 Å². The van der Waals surface area contributed by atoms with Gasteiger partial charge in [-0.25, -0.2) is 4.79 Å². The molecule has 0 aliphatic carbocycles. The highest BCUT2D eigenvalue weighted by Crippen LogP contribution is 2.21. The largest absolute Gasteiger partial charge is 0.481 e. The van der Waals surface area contributed by atoms with E-state index in [1.54, 1.807) is 0 Å². The number of hydrogen-bond donors (Lipinski definition) is 2. The van der Waals surface area contributed by atoms with Crippen molar-refractivity contribution in [2.45, 2.75) is 25.3 Å². The molecule has 1 atom stereocenters. The van der Waals surface area contributed by atoms with Crippen molar-refractivity contribution in [2.75, 3.05) is 26.3 Å². The number of carbonyl (C=O) groups is 2. The number of amides is 2. The molecule has 0 bridgehead atoms. The van der Waals surface area contributed by atoms with Crippen LogP contribution in [0, 0.1) is 5.92 Å². The van der Waals surface area contributed by atoms with Crippen molar-refractivity contribution >= 4 is 12.0 Å². The van der Waals surface area contributed by atoms with Crippen molar-refractivity contribution in [3.8, 4) is 0 Å². The maximum atomic E-state index is 11.8. The van der Waals surface area contributed by atoms with E-state index >= 15 is 0 Å². The maximum absolute atomic E-state index is 11.8. The first kappa shape index (κ1) is 12.2. The maximum Gasteiger partial charge on any atom is 0.317 e. The number of carbonyl (C=O) groups excluding carboxylic acids is 1. The Bertz CT molecular complexity index is 319. The summed E-state index contributed by atoms with van der Waals surface area (Å²) in [5, 5.41) is 11.7. The second-order valence-electron chi connectivity index (χ2n) is 5.09. The van der Waals surface area contributed by atoms with Crippen LogP contribution < -0.4 is 5.32 Å². The number of nitrogens with one attached hydrogen (secondary N) is 1. The van der Waals surface area contributed by atoms with E-state index in [9.17, 15) is 9.59 Å². The molecule has 17 heavy (non-hydrogen) atoms. The molecule has 1 unspecified atom stereocenters. The number of likely N-dealkylation sites (tertiary alicyclic amines) is 1. The van der Waals surface area contributed by atoms with E-state index in [0.717, 1.165) is 19.4 Å². The van der Waals surface area contributed by atoms with Crippen LogP contribution in [0.15, 0.2) is 0 Å². The standard InChI is InChI=1S/C11H18N2O4/c1-11(3-2-4-17-7-11)12-10(16)13-5-8(6-13)9(14)15/h8H,2-7H2,1H3,(H,12,16)(H,14,15). The lowest BCUT2D eigenvalue weighted by molar-refractivity contribution is -0.146. The molecule has 2 saturated heterocycles. The monoisotopic (exact) mass is 242 g/mol. The smallest absolute Gasteiger partial charge is 0.317 e. The van der Waals surface area contributed by atoms with Crippen molar-refractivity contribution in [3.05, 3.63) is 0 Å². The van der Waals surface area contributed by atoms with Gasteiger partial charge in [0.25, 0.3) is 0 Å². The summed E-state index contributed by atoms with van der Waals surface area (Å²) in [5.74, 6) is -1.24. The highest BCUT2D eigenvalue weighted by Gasteiger charge is 2.38. The Morgan fingerprint density at radius 3 is 2.71 bits per heavy atom. The minimum absolute atomic E-state index is 0.185. The van der Waals surface area contributed by atoms with Gasteiger partial charge in [0.1, 0.15) is 0 Å². The van der Waals surface area contributed by atoms with E-state index in [1.165, 1.54) is 4.90 Å². The molecule has 2 fully saturated rings. The third-order valence-electron chi connectivity index (χ3n) is 3.36. The Morgan fingerprint density at radius 1 is 1.47 bits per heavy atom. The third kappa shape index (κ3) is 2.69. The molecule has 2 amide bonds. The Labute approximate surface area is 99.9 Å². The van der Waals surface area contributed by atoms with E-state index in [0.29, 0.717) is 19.7 Å². The van der Waals surface area contributed by atoms with Gasteiger partial charge in [-0.1, -0.05) is 0 Å². The molecule has 2 rings (SSSR count). The van der Waals surface area contributed by atoms with Crippen LogP contribution in [0.3, 0.4) is 0 Å². The summed E-state index contributed by atoms with van der Waals surface area (Å²) < 4.78 is 5.35. The van der Waals surface area contributed by atoms with E-state index in [1.807, 2.05) is 6.92 Å². The fraction of sp³-hybridized carbons (Fsp3) is 0.818. The number of hydrogen-bond acceptors (Lipinski definition) is 3. The lowest BCUT2D eigenvalue weighted by atomic mass is 9.94. The number of nitrogens with zero attached hydrogens (tertiary/aromatic N) is 1. The van der Waals surface area contributed by atoms with Crippen LogP contribution in [0.1, 0.15) is 19.8 Å². The van der Waals surface area contributed by atoms with E-state index in [4.69, 9.17) is 9.84 Å². The predicted molar refractivity (Wildman–Crippen MR) is 59.7 cm³/mol. The Balaban J connectivity index is 1.80. The zero-order valence-electron chi connectivity index (χ0n) is 9.94. The number of carboxylic acid groups (broad SMARTS) is 1. The van der Waals surface area contributed by atoms with Crippen LogP contribution in [0.5, 0.6) is 0 Å². The average Bonchev–Trinajstić information content (AvgIpc) is 2.14. The number of aliphatic carboxylic acids is 1. The molecule has 2 aliphatic heterocycles. The SMILES string of the molecule is CC1(NC(=O)N2CC(C(=O)O)C2)CCCOC1. The summed E-state index contributed by atoms with van der Waals surface area (Å²) >= 11 is 0. The quantitative estimate of drug-likeness (QED) is 0.729. The van der Waals surface area contributed by atoms with Crippen LogP contribution in [-0.2, 0) is 9.53 Å². The van der Waals surface area contributed by atoms with Crippen LogP contribution in [0.4, 0.5) is 4.79 Å². The molecule has 0 radical (unpaired) electrons. The highest BCUT2D eigenvalue weighted by molar-refractivity contribution is 5.80. The molecule has 2 aliphatic rings. The Morgan fingerprint density at radius 2 is 2.18 bits per heavy atom. The van der Waals surface area contributed by atoms with Gasteiger partial charge in [-0.2, -0.15) is 0 Å². The van der Waals surface area contributed by atoms with Gasteiger partial charge in [0.15, 0.2) is 0 Å². The van der Waals surface area contributed by atoms with Gasteiger partial charge in [-0.05, 0) is 19.8 Å². The van der Waals surface area contributed by atoms with Crippen LogP contribution in [0.25, 0.3) is 0 Å². The summed E-state index contributed by atoms with van der Waals surface area (Å²) in [4.78, 5) is 24.0. The van der Waals surface area contributed by atoms with Crippen LogP contribution in [-0.4, -0.2) is 53.8 Å². The van der Waals surface area contributed by atoms with Crippen LogP contribution in [0.2, 0.25) is 0 Å². The first-order valence-electron chi connectivity index (χ1n) is 5.88. The number of urea groups is 1. The average molecular weight is 242 g/mol. The molecule has 96 valence electrons. The van der Waals surface area contributed by atoms with Gasteiger partial charge in [0.2, 0.25) is 0 Å². The first-order chi connectivity index (χ1) is 8.00. The minimum atomic E-state index is -0.832. The second-order valence-corrected chi connectivity index (χ2v) is 5.09. The molecular formula is C11H18N2O4. The predicted octanol–water partition coefficient (Wildman–Crippen LogP) is 0.281. The fourth-order valence-corrected chi connectivity index (χ4v) is 2.17. The summed E-state index contributed by atoms with van der Waals surface area (Å²) in [7, 11) is 0. The van der Waals surface area contributed by atoms with Crippen LogP contribution >= 0.6 is 0 Å². The molecule has 0 aromatic rings. The van der Waals surface area contributed by atoms with Crippen molar-refractivity contribution in [3.63, 3.8) is 0 Å². The minimum Gasteiger partial charge on any atom is -0.481 e. The molecule has 0 spiro atoms. The zero-order valence-corrected chi connectivity index (χ0v) is 9.94. The van der Waals surface area contributed by atoms with E-state index in [2.05, 4.69) is 5.32 Å². The summed E-state index contributed by atoms with van der Waals surface area (Å²) in [6, 6.07) is -0.185. The number of carboxylic acids is 1. The van der Waals surface area contributed by atoms with Crippen molar-refractivity contribution in [2.24, 2.45) is 5.92 Å². The first-order valence-corrected chi connectivity index (χ1v) is 5.88. The van der Waals surface area contributed by atoms with Gasteiger partial charge in [-0.3, -0.25) is 4.79 Å². The molecule has 2 N–H and O–H groups in total. The fourth-order valence-electron chi connectivity index (χ4n) is 2.17. The zero-order chi connectivity index (χ0) is 12.5. The lowest BCUT2D eigenvalue weighted by Crippen LogP contribution is -2.61. The molecule has 6 heteroatoms. The summed E-state index contributed by atoms with van der Waals surface area (Å²) in [6.07, 6.45) is 1.84. The molecule has 2 heterocycles. The molecule has 0 aromatic heterocycles. The van der Waals surface area contributed by atoms with E-state index in [-0.39, 0.29) is 11.6 Å². The van der Waals surface area contributed by atoms with Gasteiger partial charge in [0, 0.05) is 19.7 Å². The van der Waals surface area contributed by atoms with E-state index < -0.39 is 11.9 Å².